The van der Waals surface area contributed by atoms with Gasteiger partial charge in [-0.1, -0.05) is 18.9 Å². The first-order chi connectivity index (χ1) is 9.45. The predicted octanol–water partition coefficient (Wildman–Crippen LogP) is 3.52. The van der Waals surface area contributed by atoms with Crippen LogP contribution in [0.15, 0.2) is 17.5 Å². The molecule has 0 bridgehead atoms. The van der Waals surface area contributed by atoms with E-state index in [9.17, 15) is 18.3 Å². The standard InChI is InChI=1S/C14H20F3NOS/c15-14(16,17)11-5-2-1-4-9(11)13(19)10(8-18)12-6-3-7-20-12/h3,6-7,9-11,13,19H,1-2,4-5,8,18H2. The number of rotatable bonds is 4. The molecule has 2 nitrogen and oxygen atoms in total. The van der Waals surface area contributed by atoms with Crippen molar-refractivity contribution < 1.29 is 18.3 Å². The van der Waals surface area contributed by atoms with Gasteiger partial charge in [-0.2, -0.15) is 13.2 Å². The van der Waals surface area contributed by atoms with Crippen LogP contribution < -0.4 is 5.73 Å². The van der Waals surface area contributed by atoms with E-state index in [0.29, 0.717) is 12.8 Å². The molecule has 6 heteroatoms. The number of thiophene rings is 1. The molecule has 1 aromatic heterocycles. The molecular formula is C14H20F3NOS. The second kappa shape index (κ2) is 6.45. The Morgan fingerprint density at radius 2 is 2.05 bits per heavy atom. The van der Waals surface area contributed by atoms with Crippen LogP contribution in [0.2, 0.25) is 0 Å². The highest BCUT2D eigenvalue weighted by Crippen LogP contribution is 2.45. The van der Waals surface area contributed by atoms with Crippen LogP contribution in [0.3, 0.4) is 0 Å². The van der Waals surface area contributed by atoms with Gasteiger partial charge in [0.2, 0.25) is 0 Å². The van der Waals surface area contributed by atoms with Gasteiger partial charge in [0, 0.05) is 17.3 Å². The molecule has 1 aromatic rings. The molecule has 0 radical (unpaired) electrons. The summed E-state index contributed by atoms with van der Waals surface area (Å²) in [5, 5.41) is 12.3. The Labute approximate surface area is 120 Å². The minimum atomic E-state index is -4.24. The summed E-state index contributed by atoms with van der Waals surface area (Å²) in [6, 6.07) is 3.66. The van der Waals surface area contributed by atoms with E-state index in [0.717, 1.165) is 11.3 Å². The van der Waals surface area contributed by atoms with Crippen LogP contribution >= 0.6 is 11.3 Å². The van der Waals surface area contributed by atoms with Crippen molar-refractivity contribution >= 4 is 11.3 Å². The first-order valence-electron chi connectivity index (χ1n) is 6.93. The maximum absolute atomic E-state index is 13.1. The Balaban J connectivity index is 2.18. The van der Waals surface area contributed by atoms with Crippen molar-refractivity contribution in [3.8, 4) is 0 Å². The second-order valence-electron chi connectivity index (χ2n) is 5.44. The summed E-state index contributed by atoms with van der Waals surface area (Å²) < 4.78 is 39.4. The molecule has 1 aliphatic rings. The maximum atomic E-state index is 13.1. The molecule has 4 unspecified atom stereocenters. The molecule has 20 heavy (non-hydrogen) atoms. The summed E-state index contributed by atoms with van der Waals surface area (Å²) in [4.78, 5) is 0.867. The molecule has 1 heterocycles. The summed E-state index contributed by atoms with van der Waals surface area (Å²) >= 11 is 1.44. The van der Waals surface area contributed by atoms with E-state index in [-0.39, 0.29) is 13.0 Å². The van der Waals surface area contributed by atoms with Crippen molar-refractivity contribution in [2.45, 2.75) is 43.9 Å². The SMILES string of the molecule is NCC(c1cccs1)C(O)C1CCCCC1C(F)(F)F. The van der Waals surface area contributed by atoms with Crippen molar-refractivity contribution in [3.63, 3.8) is 0 Å². The molecule has 0 amide bonds. The van der Waals surface area contributed by atoms with E-state index in [2.05, 4.69) is 0 Å². The lowest BCUT2D eigenvalue weighted by atomic mass is 9.72. The lowest BCUT2D eigenvalue weighted by molar-refractivity contribution is -0.207. The number of halogens is 3. The minimum absolute atomic E-state index is 0.118. The number of hydrogen-bond donors (Lipinski definition) is 2. The highest BCUT2D eigenvalue weighted by Gasteiger charge is 2.48. The van der Waals surface area contributed by atoms with Crippen LogP contribution in [0.1, 0.15) is 36.5 Å². The fourth-order valence-electron chi connectivity index (χ4n) is 3.20. The predicted molar refractivity (Wildman–Crippen MR) is 73.6 cm³/mol. The van der Waals surface area contributed by atoms with E-state index in [1.54, 1.807) is 0 Å². The third kappa shape index (κ3) is 3.35. The molecule has 1 fully saturated rings. The van der Waals surface area contributed by atoms with E-state index >= 15 is 0 Å². The van der Waals surface area contributed by atoms with Crippen molar-refractivity contribution in [2.75, 3.05) is 6.54 Å². The topological polar surface area (TPSA) is 46.2 Å². The Kier molecular flexibility index (Phi) is 5.09. The third-order valence-corrected chi connectivity index (χ3v) is 5.26. The zero-order valence-electron chi connectivity index (χ0n) is 11.1. The lowest BCUT2D eigenvalue weighted by Crippen LogP contribution is -2.43. The van der Waals surface area contributed by atoms with Gasteiger partial charge in [0.15, 0.2) is 0 Å². The lowest BCUT2D eigenvalue weighted by Gasteiger charge is -2.38. The Morgan fingerprint density at radius 3 is 2.60 bits per heavy atom. The summed E-state index contributed by atoms with van der Waals surface area (Å²) in [7, 11) is 0. The van der Waals surface area contributed by atoms with Crippen LogP contribution in [0.4, 0.5) is 13.2 Å². The van der Waals surface area contributed by atoms with Gasteiger partial charge in [0.1, 0.15) is 0 Å². The molecule has 0 aromatic carbocycles. The molecule has 4 atom stereocenters. The molecular weight excluding hydrogens is 287 g/mol. The molecule has 0 aliphatic heterocycles. The van der Waals surface area contributed by atoms with E-state index < -0.39 is 30.0 Å². The fraction of sp³-hybridized carbons (Fsp3) is 0.714. The number of nitrogens with two attached hydrogens (primary N) is 1. The average Bonchev–Trinajstić information content (AvgIpc) is 2.92. The van der Waals surface area contributed by atoms with Gasteiger partial charge in [0.25, 0.3) is 0 Å². The Bertz CT molecular complexity index is 407. The zero-order chi connectivity index (χ0) is 14.8. The Morgan fingerprint density at radius 1 is 1.35 bits per heavy atom. The van der Waals surface area contributed by atoms with Crippen LogP contribution in [-0.4, -0.2) is 23.9 Å². The molecule has 114 valence electrons. The summed E-state index contributed by atoms with van der Waals surface area (Å²) in [5.41, 5.74) is 5.69. The third-order valence-electron chi connectivity index (χ3n) is 4.25. The van der Waals surface area contributed by atoms with Crippen molar-refractivity contribution in [1.29, 1.82) is 0 Å². The first-order valence-corrected chi connectivity index (χ1v) is 7.81. The number of aliphatic hydroxyl groups excluding tert-OH is 1. The normalized spacial score (nSPS) is 27.2. The monoisotopic (exact) mass is 307 g/mol. The van der Waals surface area contributed by atoms with Crippen LogP contribution in [-0.2, 0) is 0 Å². The van der Waals surface area contributed by atoms with Gasteiger partial charge in [-0.05, 0) is 30.2 Å². The maximum Gasteiger partial charge on any atom is 0.392 e. The Hall–Kier alpha value is -0.590. The minimum Gasteiger partial charge on any atom is -0.392 e. The number of aliphatic hydroxyl groups is 1. The first kappa shape index (κ1) is 15.8. The number of alkyl halides is 3. The summed E-state index contributed by atoms with van der Waals surface area (Å²) in [6.45, 7) is 0.169. The largest absolute Gasteiger partial charge is 0.392 e. The van der Waals surface area contributed by atoms with Crippen LogP contribution in [0.5, 0.6) is 0 Å². The van der Waals surface area contributed by atoms with Crippen molar-refractivity contribution in [3.05, 3.63) is 22.4 Å². The molecule has 1 saturated carbocycles. The van der Waals surface area contributed by atoms with Gasteiger partial charge >= 0.3 is 6.18 Å². The zero-order valence-corrected chi connectivity index (χ0v) is 12.0. The highest BCUT2D eigenvalue weighted by molar-refractivity contribution is 7.10. The van der Waals surface area contributed by atoms with Crippen LogP contribution in [0, 0.1) is 11.8 Å². The van der Waals surface area contributed by atoms with Gasteiger partial charge in [-0.25, -0.2) is 0 Å². The van der Waals surface area contributed by atoms with Gasteiger partial charge in [-0.15, -0.1) is 11.3 Å². The highest BCUT2D eigenvalue weighted by atomic mass is 32.1. The van der Waals surface area contributed by atoms with Gasteiger partial charge in [-0.3, -0.25) is 0 Å². The quantitative estimate of drug-likeness (QED) is 0.894. The fourth-order valence-corrected chi connectivity index (χ4v) is 4.08. The van der Waals surface area contributed by atoms with E-state index in [1.165, 1.54) is 11.3 Å². The summed E-state index contributed by atoms with van der Waals surface area (Å²) in [6.07, 6.45) is -3.39. The van der Waals surface area contributed by atoms with E-state index in [4.69, 9.17) is 5.73 Å². The molecule has 3 N–H and O–H groups in total. The molecule has 2 rings (SSSR count). The van der Waals surface area contributed by atoms with Crippen molar-refractivity contribution in [1.82, 2.24) is 0 Å². The van der Waals surface area contributed by atoms with E-state index in [1.807, 2.05) is 17.5 Å². The molecule has 1 aliphatic carbocycles. The van der Waals surface area contributed by atoms with Gasteiger partial charge < -0.3 is 10.8 Å². The average molecular weight is 307 g/mol. The van der Waals surface area contributed by atoms with Gasteiger partial charge in [0.05, 0.1) is 12.0 Å². The molecule has 0 saturated heterocycles. The number of hydrogen-bond acceptors (Lipinski definition) is 3. The summed E-state index contributed by atoms with van der Waals surface area (Å²) in [5.74, 6) is -2.54. The van der Waals surface area contributed by atoms with Crippen LogP contribution in [0.25, 0.3) is 0 Å². The van der Waals surface area contributed by atoms with Crippen molar-refractivity contribution in [2.24, 2.45) is 17.6 Å². The second-order valence-corrected chi connectivity index (χ2v) is 6.42. The smallest absolute Gasteiger partial charge is 0.392 e. The molecule has 0 spiro atoms.